The van der Waals surface area contributed by atoms with Gasteiger partial charge in [0.05, 0.1) is 3.79 Å². The van der Waals surface area contributed by atoms with Gasteiger partial charge in [-0.05, 0) is 45.6 Å². The molecule has 3 aromatic rings. The molecule has 0 saturated heterocycles. The fourth-order valence-corrected chi connectivity index (χ4v) is 4.69. The Labute approximate surface area is 121 Å². The summed E-state index contributed by atoms with van der Waals surface area (Å²) in [5, 5.41) is 1.23. The molecule has 0 N–H and O–H groups in total. The van der Waals surface area contributed by atoms with Gasteiger partial charge < -0.3 is 0 Å². The zero-order valence-electron chi connectivity index (χ0n) is 8.69. The number of rotatable bonds is 2. The third-order valence-electron chi connectivity index (χ3n) is 2.54. The highest BCUT2D eigenvalue weighted by atomic mass is 79.9. The maximum Gasteiger partial charge on any atom is 0.102 e. The topological polar surface area (TPSA) is 0 Å². The van der Waals surface area contributed by atoms with Crippen molar-refractivity contribution in [1.82, 2.24) is 0 Å². The molecule has 0 fully saturated rings. The molecule has 0 aliphatic heterocycles. The van der Waals surface area contributed by atoms with Crippen molar-refractivity contribution in [1.29, 1.82) is 0 Å². The molecule has 0 amide bonds. The highest BCUT2D eigenvalue weighted by Gasteiger charge is 2.15. The number of fused-ring (bicyclic) bond motifs is 1. The van der Waals surface area contributed by atoms with Gasteiger partial charge in [0.1, 0.15) is 5.38 Å². The van der Waals surface area contributed by atoms with Crippen LogP contribution in [-0.4, -0.2) is 0 Å². The molecule has 3 rings (SSSR count). The summed E-state index contributed by atoms with van der Waals surface area (Å²) in [7, 11) is 0. The molecular formula is C13H8BrClS2. The molecule has 0 spiro atoms. The highest BCUT2D eigenvalue weighted by Crippen LogP contribution is 2.40. The van der Waals surface area contributed by atoms with E-state index in [0.717, 1.165) is 3.79 Å². The Kier molecular flexibility index (Phi) is 3.26. The monoisotopic (exact) mass is 342 g/mol. The van der Waals surface area contributed by atoms with Crippen molar-refractivity contribution in [2.24, 2.45) is 0 Å². The second kappa shape index (κ2) is 4.73. The third kappa shape index (κ3) is 2.29. The zero-order chi connectivity index (χ0) is 11.8. The van der Waals surface area contributed by atoms with Gasteiger partial charge in [-0.2, -0.15) is 0 Å². The fourth-order valence-electron chi connectivity index (χ4n) is 1.73. The molecule has 17 heavy (non-hydrogen) atoms. The van der Waals surface area contributed by atoms with Crippen LogP contribution in [0, 0.1) is 0 Å². The predicted octanol–water partition coefficient (Wildman–Crippen LogP) is 6.05. The number of thiophene rings is 2. The number of halogens is 2. The molecular weight excluding hydrogens is 336 g/mol. The van der Waals surface area contributed by atoms with Gasteiger partial charge in [0.25, 0.3) is 0 Å². The van der Waals surface area contributed by atoms with E-state index in [9.17, 15) is 0 Å². The maximum atomic E-state index is 6.52. The van der Waals surface area contributed by atoms with Crippen LogP contribution in [0.5, 0.6) is 0 Å². The first kappa shape index (κ1) is 11.7. The van der Waals surface area contributed by atoms with E-state index in [1.165, 1.54) is 19.8 Å². The summed E-state index contributed by atoms with van der Waals surface area (Å²) in [5.41, 5.74) is 0. The van der Waals surface area contributed by atoms with Crippen molar-refractivity contribution >= 4 is 60.3 Å². The normalized spacial score (nSPS) is 13.1. The Morgan fingerprint density at radius 2 is 1.82 bits per heavy atom. The van der Waals surface area contributed by atoms with E-state index in [1.807, 2.05) is 6.07 Å². The van der Waals surface area contributed by atoms with E-state index in [-0.39, 0.29) is 5.38 Å². The van der Waals surface area contributed by atoms with Crippen molar-refractivity contribution in [3.63, 3.8) is 0 Å². The molecule has 0 bridgehead atoms. The summed E-state index contributed by atoms with van der Waals surface area (Å²) < 4.78 is 2.42. The van der Waals surface area contributed by atoms with Gasteiger partial charge in [0.15, 0.2) is 0 Å². The first-order valence-corrected chi connectivity index (χ1v) is 7.98. The SMILES string of the molecule is ClC(c1ccc(Br)s1)c1cc2ccccc2s1. The molecule has 2 heterocycles. The van der Waals surface area contributed by atoms with Crippen molar-refractivity contribution in [2.75, 3.05) is 0 Å². The summed E-state index contributed by atoms with van der Waals surface area (Å²) in [4.78, 5) is 2.40. The lowest BCUT2D eigenvalue weighted by molar-refractivity contribution is 1.24. The highest BCUT2D eigenvalue weighted by molar-refractivity contribution is 9.11. The van der Waals surface area contributed by atoms with Gasteiger partial charge in [-0.15, -0.1) is 34.3 Å². The molecule has 0 aliphatic carbocycles. The lowest BCUT2D eigenvalue weighted by atomic mass is 10.2. The van der Waals surface area contributed by atoms with Crippen LogP contribution in [-0.2, 0) is 0 Å². The van der Waals surface area contributed by atoms with Gasteiger partial charge in [0.2, 0.25) is 0 Å². The van der Waals surface area contributed by atoms with Crippen LogP contribution in [0.15, 0.2) is 46.3 Å². The van der Waals surface area contributed by atoms with Gasteiger partial charge >= 0.3 is 0 Å². The molecule has 1 unspecified atom stereocenters. The smallest absolute Gasteiger partial charge is 0.102 e. The summed E-state index contributed by atoms with van der Waals surface area (Å²) in [6.07, 6.45) is 0. The minimum absolute atomic E-state index is 0.0382. The van der Waals surface area contributed by atoms with E-state index in [1.54, 1.807) is 22.7 Å². The average molecular weight is 344 g/mol. The minimum atomic E-state index is -0.0382. The molecule has 4 heteroatoms. The molecule has 86 valence electrons. The number of hydrogen-bond acceptors (Lipinski definition) is 2. The summed E-state index contributed by atoms with van der Waals surface area (Å²) in [6.45, 7) is 0. The van der Waals surface area contributed by atoms with Gasteiger partial charge in [0, 0.05) is 14.5 Å². The van der Waals surface area contributed by atoms with E-state index >= 15 is 0 Å². The van der Waals surface area contributed by atoms with E-state index in [4.69, 9.17) is 11.6 Å². The van der Waals surface area contributed by atoms with Gasteiger partial charge in [-0.25, -0.2) is 0 Å². The van der Waals surface area contributed by atoms with Crippen LogP contribution >= 0.6 is 50.2 Å². The van der Waals surface area contributed by atoms with Crippen molar-refractivity contribution < 1.29 is 0 Å². The molecule has 0 aliphatic rings. The van der Waals surface area contributed by atoms with Gasteiger partial charge in [-0.1, -0.05) is 18.2 Å². The van der Waals surface area contributed by atoms with E-state index in [2.05, 4.69) is 52.3 Å². The number of benzene rings is 1. The summed E-state index contributed by atoms with van der Waals surface area (Å²) in [6, 6.07) is 14.7. The first-order valence-electron chi connectivity index (χ1n) is 5.12. The van der Waals surface area contributed by atoms with E-state index in [0.29, 0.717) is 0 Å². The average Bonchev–Trinajstić information content (AvgIpc) is 2.93. The number of alkyl halides is 1. The standard InChI is InChI=1S/C13H8BrClS2/c14-12-6-5-10(17-12)13(15)11-7-8-3-1-2-4-9(8)16-11/h1-7,13H. The molecule has 0 nitrogen and oxygen atoms in total. The predicted molar refractivity (Wildman–Crippen MR) is 81.5 cm³/mol. The second-order valence-corrected chi connectivity index (χ2v) is 7.74. The first-order chi connectivity index (χ1) is 8.24. The Morgan fingerprint density at radius 3 is 2.53 bits per heavy atom. The summed E-state index contributed by atoms with van der Waals surface area (Å²) >= 11 is 13.4. The maximum absolute atomic E-state index is 6.52. The number of hydrogen-bond donors (Lipinski definition) is 0. The van der Waals surface area contributed by atoms with Crippen molar-refractivity contribution in [3.8, 4) is 0 Å². The Bertz CT molecular complexity index is 623. The molecule has 1 atom stereocenters. The largest absolute Gasteiger partial charge is 0.138 e. The van der Waals surface area contributed by atoms with Crippen LogP contribution in [0.3, 0.4) is 0 Å². The van der Waals surface area contributed by atoms with Crippen LogP contribution in [0.1, 0.15) is 15.1 Å². The summed E-state index contributed by atoms with van der Waals surface area (Å²) in [5.74, 6) is 0. The van der Waals surface area contributed by atoms with Crippen molar-refractivity contribution in [3.05, 3.63) is 56.0 Å². The van der Waals surface area contributed by atoms with Crippen molar-refractivity contribution in [2.45, 2.75) is 5.38 Å². The molecule has 2 aromatic heterocycles. The Hall–Kier alpha value is -0.350. The quantitative estimate of drug-likeness (QED) is 0.497. The second-order valence-electron chi connectivity index (χ2n) is 3.69. The Balaban J connectivity index is 2.03. The molecule has 0 radical (unpaired) electrons. The van der Waals surface area contributed by atoms with Crippen LogP contribution in [0.2, 0.25) is 0 Å². The van der Waals surface area contributed by atoms with Crippen LogP contribution < -0.4 is 0 Å². The molecule has 1 aromatic carbocycles. The van der Waals surface area contributed by atoms with E-state index < -0.39 is 0 Å². The minimum Gasteiger partial charge on any atom is -0.138 e. The lowest BCUT2D eigenvalue weighted by Crippen LogP contribution is -1.83. The fraction of sp³-hybridized carbons (Fsp3) is 0.0769. The lowest BCUT2D eigenvalue weighted by Gasteiger charge is -2.02. The molecule has 0 saturated carbocycles. The van der Waals surface area contributed by atoms with Gasteiger partial charge in [-0.3, -0.25) is 0 Å². The Morgan fingerprint density at radius 1 is 1.00 bits per heavy atom. The zero-order valence-corrected chi connectivity index (χ0v) is 12.7. The third-order valence-corrected chi connectivity index (χ3v) is 6.14. The van der Waals surface area contributed by atoms with Crippen LogP contribution in [0.25, 0.3) is 10.1 Å². The van der Waals surface area contributed by atoms with Crippen LogP contribution in [0.4, 0.5) is 0 Å².